The van der Waals surface area contributed by atoms with Crippen molar-refractivity contribution in [2.24, 2.45) is 0 Å². The highest BCUT2D eigenvalue weighted by atomic mass is 16.2. The van der Waals surface area contributed by atoms with Gasteiger partial charge in [-0.1, -0.05) is 25.1 Å². The molecule has 1 aromatic heterocycles. The second kappa shape index (κ2) is 7.68. The molecule has 1 fully saturated rings. The van der Waals surface area contributed by atoms with E-state index in [1.807, 2.05) is 56.0 Å². The van der Waals surface area contributed by atoms with Crippen molar-refractivity contribution in [3.05, 3.63) is 53.3 Å². The molecule has 1 N–H and O–H groups in total. The van der Waals surface area contributed by atoms with E-state index in [1.165, 1.54) is 0 Å². The minimum Gasteiger partial charge on any atom is -0.347 e. The van der Waals surface area contributed by atoms with Gasteiger partial charge in [-0.05, 0) is 44.0 Å². The van der Waals surface area contributed by atoms with Crippen molar-refractivity contribution in [2.75, 3.05) is 13.1 Å². The van der Waals surface area contributed by atoms with E-state index in [2.05, 4.69) is 10.3 Å². The lowest BCUT2D eigenvalue weighted by atomic mass is 10.0. The van der Waals surface area contributed by atoms with Gasteiger partial charge < -0.3 is 10.2 Å². The second-order valence-corrected chi connectivity index (χ2v) is 6.88. The molecule has 3 rings (SSSR count). The third-order valence-corrected chi connectivity index (χ3v) is 4.70. The average molecular weight is 351 g/mol. The van der Waals surface area contributed by atoms with Gasteiger partial charge in [-0.3, -0.25) is 14.6 Å². The number of aromatic nitrogens is 1. The summed E-state index contributed by atoms with van der Waals surface area (Å²) in [5.41, 5.74) is 4.51. The van der Waals surface area contributed by atoms with Crippen molar-refractivity contribution >= 4 is 11.8 Å². The van der Waals surface area contributed by atoms with Gasteiger partial charge in [0, 0.05) is 42.0 Å². The zero-order valence-corrected chi connectivity index (χ0v) is 15.6. The fourth-order valence-electron chi connectivity index (χ4n) is 3.44. The summed E-state index contributed by atoms with van der Waals surface area (Å²) in [7, 11) is 0. The van der Waals surface area contributed by atoms with E-state index in [9.17, 15) is 9.59 Å². The fourth-order valence-corrected chi connectivity index (χ4v) is 3.44. The van der Waals surface area contributed by atoms with Gasteiger partial charge in [-0.25, -0.2) is 0 Å². The Morgan fingerprint density at radius 1 is 1.27 bits per heavy atom. The molecule has 26 heavy (non-hydrogen) atoms. The van der Waals surface area contributed by atoms with Crippen LogP contribution in [0.3, 0.4) is 0 Å². The van der Waals surface area contributed by atoms with Gasteiger partial charge in [0.15, 0.2) is 0 Å². The Kier molecular flexibility index (Phi) is 5.35. The molecule has 5 heteroatoms. The fraction of sp³-hybridized carbons (Fsp3) is 0.381. The van der Waals surface area contributed by atoms with E-state index in [4.69, 9.17) is 0 Å². The Hall–Kier alpha value is -2.69. The number of rotatable bonds is 5. The number of aryl methyl sites for hydroxylation is 2. The molecule has 0 saturated carbocycles. The molecular formula is C21H25N3O2. The smallest absolute Gasteiger partial charge is 0.251 e. The van der Waals surface area contributed by atoms with Crippen molar-refractivity contribution in [1.29, 1.82) is 0 Å². The van der Waals surface area contributed by atoms with Crippen LogP contribution in [0.5, 0.6) is 0 Å². The van der Waals surface area contributed by atoms with Gasteiger partial charge in [0.25, 0.3) is 5.91 Å². The number of carbonyl (C=O) groups excluding carboxylic acids is 2. The molecule has 1 aliphatic rings. The van der Waals surface area contributed by atoms with E-state index in [1.54, 1.807) is 6.07 Å². The normalized spacial score (nSPS) is 16.8. The van der Waals surface area contributed by atoms with Gasteiger partial charge >= 0.3 is 0 Å². The minimum absolute atomic E-state index is 0.118. The Morgan fingerprint density at radius 3 is 2.81 bits per heavy atom. The molecule has 1 aromatic carbocycles. The first kappa shape index (κ1) is 18.1. The SMILES string of the molecule is CCCN1C[C@H](NC(=O)c2cccc(-c3ccc(C)nc3C)c2)CC1=O. The number of amides is 2. The van der Waals surface area contributed by atoms with Crippen LogP contribution in [0.2, 0.25) is 0 Å². The molecule has 0 radical (unpaired) electrons. The number of carbonyl (C=O) groups is 2. The van der Waals surface area contributed by atoms with Crippen LogP contribution in [-0.2, 0) is 4.79 Å². The van der Waals surface area contributed by atoms with Crippen LogP contribution in [0.4, 0.5) is 0 Å². The van der Waals surface area contributed by atoms with Gasteiger partial charge in [-0.2, -0.15) is 0 Å². The first-order valence-corrected chi connectivity index (χ1v) is 9.11. The third-order valence-electron chi connectivity index (χ3n) is 4.70. The van der Waals surface area contributed by atoms with Gasteiger partial charge in [-0.15, -0.1) is 0 Å². The summed E-state index contributed by atoms with van der Waals surface area (Å²) < 4.78 is 0. The molecule has 0 bridgehead atoms. The van der Waals surface area contributed by atoms with Crippen LogP contribution in [-0.4, -0.2) is 40.8 Å². The van der Waals surface area contributed by atoms with Gasteiger partial charge in [0.05, 0.1) is 6.04 Å². The van der Waals surface area contributed by atoms with Gasteiger partial charge in [0.2, 0.25) is 5.91 Å². The maximum atomic E-state index is 12.6. The van der Waals surface area contributed by atoms with Crippen molar-refractivity contribution < 1.29 is 9.59 Å². The quantitative estimate of drug-likeness (QED) is 0.900. The van der Waals surface area contributed by atoms with E-state index in [0.29, 0.717) is 18.5 Å². The monoisotopic (exact) mass is 351 g/mol. The van der Waals surface area contributed by atoms with Crippen molar-refractivity contribution in [3.63, 3.8) is 0 Å². The zero-order chi connectivity index (χ0) is 18.7. The number of likely N-dealkylation sites (tertiary alicyclic amines) is 1. The molecule has 5 nitrogen and oxygen atoms in total. The maximum absolute atomic E-state index is 12.6. The second-order valence-electron chi connectivity index (χ2n) is 6.88. The van der Waals surface area contributed by atoms with Crippen molar-refractivity contribution in [2.45, 2.75) is 39.7 Å². The molecular weight excluding hydrogens is 326 g/mol. The summed E-state index contributed by atoms with van der Waals surface area (Å²) in [6.07, 6.45) is 1.31. The minimum atomic E-state index is -0.138. The molecule has 136 valence electrons. The van der Waals surface area contributed by atoms with Gasteiger partial charge in [0.1, 0.15) is 0 Å². The van der Waals surface area contributed by atoms with E-state index in [-0.39, 0.29) is 17.9 Å². The molecule has 0 unspecified atom stereocenters. The summed E-state index contributed by atoms with van der Waals surface area (Å²) in [5.74, 6) is -0.0204. The number of hydrogen-bond donors (Lipinski definition) is 1. The van der Waals surface area contributed by atoms with Crippen LogP contribution in [0.25, 0.3) is 11.1 Å². The molecule has 2 aromatic rings. The standard InChI is InChI=1S/C21H25N3O2/c1-4-10-24-13-18(12-20(24)25)23-21(26)17-7-5-6-16(11-17)19-9-8-14(2)22-15(19)3/h5-9,11,18H,4,10,12-13H2,1-3H3,(H,23,26)/t18-/m1/s1. The van der Waals surface area contributed by atoms with Crippen LogP contribution in [0.15, 0.2) is 36.4 Å². The zero-order valence-electron chi connectivity index (χ0n) is 15.6. The number of pyridine rings is 1. The predicted octanol–water partition coefficient (Wildman–Crippen LogP) is 3.11. The summed E-state index contributed by atoms with van der Waals surface area (Å²) in [4.78, 5) is 30.9. The van der Waals surface area contributed by atoms with E-state index >= 15 is 0 Å². The van der Waals surface area contributed by atoms with Crippen LogP contribution in [0, 0.1) is 13.8 Å². The summed E-state index contributed by atoms with van der Waals surface area (Å²) >= 11 is 0. The first-order chi connectivity index (χ1) is 12.5. The maximum Gasteiger partial charge on any atom is 0.251 e. The molecule has 1 saturated heterocycles. The van der Waals surface area contributed by atoms with E-state index in [0.717, 1.165) is 35.5 Å². The van der Waals surface area contributed by atoms with Crippen LogP contribution in [0.1, 0.15) is 41.5 Å². The van der Waals surface area contributed by atoms with Crippen molar-refractivity contribution in [1.82, 2.24) is 15.2 Å². The summed E-state index contributed by atoms with van der Waals surface area (Å²) in [6, 6.07) is 11.4. The van der Waals surface area contributed by atoms with Crippen LogP contribution >= 0.6 is 0 Å². The topological polar surface area (TPSA) is 62.3 Å². The summed E-state index contributed by atoms with van der Waals surface area (Å²) in [5, 5.41) is 3.00. The average Bonchev–Trinajstić information content (AvgIpc) is 2.94. The Balaban J connectivity index is 1.74. The number of hydrogen-bond acceptors (Lipinski definition) is 3. The molecule has 1 atom stereocenters. The highest BCUT2D eigenvalue weighted by molar-refractivity contribution is 5.96. The van der Waals surface area contributed by atoms with Crippen LogP contribution < -0.4 is 5.32 Å². The lowest BCUT2D eigenvalue weighted by molar-refractivity contribution is -0.127. The Morgan fingerprint density at radius 2 is 2.08 bits per heavy atom. The molecule has 0 spiro atoms. The predicted molar refractivity (Wildman–Crippen MR) is 102 cm³/mol. The lowest BCUT2D eigenvalue weighted by Crippen LogP contribution is -2.37. The number of nitrogens with one attached hydrogen (secondary N) is 1. The molecule has 2 heterocycles. The Bertz CT molecular complexity index is 832. The molecule has 0 aliphatic carbocycles. The third kappa shape index (κ3) is 3.93. The largest absolute Gasteiger partial charge is 0.347 e. The highest BCUT2D eigenvalue weighted by Crippen LogP contribution is 2.23. The Labute approximate surface area is 154 Å². The first-order valence-electron chi connectivity index (χ1n) is 9.11. The highest BCUT2D eigenvalue weighted by Gasteiger charge is 2.30. The molecule has 1 aliphatic heterocycles. The van der Waals surface area contributed by atoms with E-state index < -0.39 is 0 Å². The number of nitrogens with zero attached hydrogens (tertiary/aromatic N) is 2. The molecule has 2 amide bonds. The van der Waals surface area contributed by atoms with Crippen molar-refractivity contribution in [3.8, 4) is 11.1 Å². The summed E-state index contributed by atoms with van der Waals surface area (Å²) in [6.45, 7) is 7.33. The number of benzene rings is 1. The lowest BCUT2D eigenvalue weighted by Gasteiger charge is -2.16.